The highest BCUT2D eigenvalue weighted by molar-refractivity contribution is 6.01. The number of carbonyl (C=O) groups is 2. The quantitative estimate of drug-likeness (QED) is 0.526. The van der Waals surface area contributed by atoms with E-state index >= 15 is 0 Å². The highest BCUT2D eigenvalue weighted by Crippen LogP contribution is 2.27. The van der Waals surface area contributed by atoms with E-state index in [1.54, 1.807) is 30.3 Å². The summed E-state index contributed by atoms with van der Waals surface area (Å²) in [6, 6.07) is 11.2. The van der Waals surface area contributed by atoms with Crippen LogP contribution in [0.5, 0.6) is 0 Å². The Morgan fingerprint density at radius 1 is 1.19 bits per heavy atom. The van der Waals surface area contributed by atoms with Crippen LogP contribution in [0.15, 0.2) is 42.5 Å². The second-order valence-electron chi connectivity index (χ2n) is 5.78. The van der Waals surface area contributed by atoms with Crippen LogP contribution in [-0.2, 0) is 9.53 Å². The van der Waals surface area contributed by atoms with Gasteiger partial charge in [0.05, 0.1) is 18.3 Å². The third-order valence-corrected chi connectivity index (χ3v) is 4.01. The van der Waals surface area contributed by atoms with Gasteiger partial charge in [-0.3, -0.25) is 14.7 Å². The summed E-state index contributed by atoms with van der Waals surface area (Å²) >= 11 is 0. The fourth-order valence-corrected chi connectivity index (χ4v) is 2.62. The number of aromatic nitrogens is 2. The summed E-state index contributed by atoms with van der Waals surface area (Å²) in [6.07, 6.45) is 0.763. The number of hydrogen-bond donors (Lipinski definition) is 2. The summed E-state index contributed by atoms with van der Waals surface area (Å²) in [4.78, 5) is 23.4. The second-order valence-corrected chi connectivity index (χ2v) is 5.78. The molecule has 0 atom stereocenters. The van der Waals surface area contributed by atoms with Crippen LogP contribution in [0.1, 0.15) is 23.2 Å². The normalized spacial score (nSPS) is 10.7. The molecule has 1 aromatic heterocycles. The number of benzene rings is 2. The van der Waals surface area contributed by atoms with Crippen LogP contribution >= 0.6 is 0 Å². The van der Waals surface area contributed by atoms with Crippen molar-refractivity contribution in [2.75, 3.05) is 13.7 Å². The van der Waals surface area contributed by atoms with Crippen LogP contribution in [0, 0.1) is 5.82 Å². The number of halogens is 1. The molecule has 1 heterocycles. The molecule has 2 N–H and O–H groups in total. The van der Waals surface area contributed by atoms with Gasteiger partial charge in [0.15, 0.2) is 0 Å². The Labute approximate surface area is 149 Å². The average Bonchev–Trinajstić information content (AvgIpc) is 3.08. The molecule has 0 saturated carbocycles. The number of nitrogens with zero attached hydrogens (tertiary/aromatic N) is 1. The van der Waals surface area contributed by atoms with E-state index in [2.05, 4.69) is 20.3 Å². The molecule has 0 radical (unpaired) electrons. The largest absolute Gasteiger partial charge is 0.469 e. The average molecular weight is 355 g/mol. The minimum Gasteiger partial charge on any atom is -0.469 e. The first kappa shape index (κ1) is 17.6. The van der Waals surface area contributed by atoms with Gasteiger partial charge in [0.25, 0.3) is 5.91 Å². The first-order chi connectivity index (χ1) is 12.6. The summed E-state index contributed by atoms with van der Waals surface area (Å²) in [5, 5.41) is 10.7. The highest BCUT2D eigenvalue weighted by atomic mass is 19.1. The molecule has 0 spiro atoms. The molecule has 6 nitrogen and oxygen atoms in total. The molecule has 26 heavy (non-hydrogen) atoms. The molecule has 0 bridgehead atoms. The molecule has 134 valence electrons. The standard InChI is InChI=1S/C19H18FN3O3/c1-26-17(24)3-2-10-21-19(25)13-6-9-16-15(11-13)18(23-22-16)12-4-7-14(20)8-5-12/h4-9,11H,2-3,10H2,1H3,(H,21,25)(H,22,23). The van der Waals surface area contributed by atoms with Crippen LogP contribution in [0.4, 0.5) is 4.39 Å². The molecular weight excluding hydrogens is 337 g/mol. The molecule has 0 aliphatic carbocycles. The maximum absolute atomic E-state index is 13.1. The van der Waals surface area contributed by atoms with Crippen molar-refractivity contribution >= 4 is 22.8 Å². The van der Waals surface area contributed by atoms with E-state index in [9.17, 15) is 14.0 Å². The van der Waals surface area contributed by atoms with Crippen molar-refractivity contribution in [3.8, 4) is 11.3 Å². The Balaban J connectivity index is 1.76. The van der Waals surface area contributed by atoms with Crippen molar-refractivity contribution in [1.29, 1.82) is 0 Å². The van der Waals surface area contributed by atoms with Crippen molar-refractivity contribution in [2.24, 2.45) is 0 Å². The van der Waals surface area contributed by atoms with Crippen LogP contribution in [0.3, 0.4) is 0 Å². The van der Waals surface area contributed by atoms with E-state index in [4.69, 9.17) is 0 Å². The molecule has 0 aliphatic heterocycles. The summed E-state index contributed by atoms with van der Waals surface area (Å²) < 4.78 is 17.7. The fraction of sp³-hybridized carbons (Fsp3) is 0.211. The predicted octanol–water partition coefficient (Wildman–Crippen LogP) is 3.05. The van der Waals surface area contributed by atoms with Gasteiger partial charge in [-0.2, -0.15) is 5.10 Å². The van der Waals surface area contributed by atoms with Gasteiger partial charge < -0.3 is 10.1 Å². The Kier molecular flexibility index (Phi) is 5.26. The number of H-pyrrole nitrogens is 1. The van der Waals surface area contributed by atoms with E-state index in [1.165, 1.54) is 19.2 Å². The Morgan fingerprint density at radius 3 is 2.69 bits per heavy atom. The molecule has 3 aromatic rings. The van der Waals surface area contributed by atoms with Gasteiger partial charge >= 0.3 is 5.97 Å². The number of fused-ring (bicyclic) bond motifs is 1. The van der Waals surface area contributed by atoms with Crippen LogP contribution < -0.4 is 5.32 Å². The first-order valence-corrected chi connectivity index (χ1v) is 8.17. The number of nitrogens with one attached hydrogen (secondary N) is 2. The van der Waals surface area contributed by atoms with Gasteiger partial charge in [-0.15, -0.1) is 0 Å². The van der Waals surface area contributed by atoms with E-state index in [0.717, 1.165) is 16.5 Å². The topological polar surface area (TPSA) is 84.1 Å². The van der Waals surface area contributed by atoms with Gasteiger partial charge in [0, 0.05) is 29.5 Å². The van der Waals surface area contributed by atoms with E-state index in [0.29, 0.717) is 24.2 Å². The lowest BCUT2D eigenvalue weighted by Gasteiger charge is -2.05. The van der Waals surface area contributed by atoms with Gasteiger partial charge in [-0.05, 0) is 48.9 Å². The number of amides is 1. The predicted molar refractivity (Wildman–Crippen MR) is 95.1 cm³/mol. The Bertz CT molecular complexity index is 935. The lowest BCUT2D eigenvalue weighted by atomic mass is 10.1. The number of ether oxygens (including phenoxy) is 1. The SMILES string of the molecule is COC(=O)CCCNC(=O)c1ccc2[nH]nc(-c3ccc(F)cc3)c2c1. The van der Waals surface area contributed by atoms with Crippen molar-refractivity contribution in [1.82, 2.24) is 15.5 Å². The van der Waals surface area contributed by atoms with Crippen molar-refractivity contribution in [2.45, 2.75) is 12.8 Å². The zero-order valence-electron chi connectivity index (χ0n) is 14.2. The third-order valence-electron chi connectivity index (χ3n) is 4.01. The molecule has 2 aromatic carbocycles. The monoisotopic (exact) mass is 355 g/mol. The van der Waals surface area contributed by atoms with Gasteiger partial charge in [0.1, 0.15) is 5.82 Å². The molecule has 3 rings (SSSR count). The highest BCUT2D eigenvalue weighted by Gasteiger charge is 2.12. The number of rotatable bonds is 6. The smallest absolute Gasteiger partial charge is 0.305 e. The lowest BCUT2D eigenvalue weighted by molar-refractivity contribution is -0.140. The number of carbonyl (C=O) groups excluding carboxylic acids is 2. The van der Waals surface area contributed by atoms with E-state index in [1.807, 2.05) is 0 Å². The van der Waals surface area contributed by atoms with Crippen LogP contribution in [0.2, 0.25) is 0 Å². The Morgan fingerprint density at radius 2 is 1.96 bits per heavy atom. The molecule has 1 amide bonds. The van der Waals surface area contributed by atoms with Gasteiger partial charge in [0.2, 0.25) is 0 Å². The number of aromatic amines is 1. The maximum atomic E-state index is 13.1. The Hall–Kier alpha value is -3.22. The molecule has 7 heteroatoms. The zero-order chi connectivity index (χ0) is 18.5. The van der Waals surface area contributed by atoms with Crippen LogP contribution in [-0.4, -0.2) is 35.7 Å². The van der Waals surface area contributed by atoms with Gasteiger partial charge in [-0.1, -0.05) is 0 Å². The molecule has 0 fully saturated rings. The zero-order valence-corrected chi connectivity index (χ0v) is 14.2. The van der Waals surface area contributed by atoms with E-state index < -0.39 is 0 Å². The number of methoxy groups -OCH3 is 1. The minimum absolute atomic E-state index is 0.233. The van der Waals surface area contributed by atoms with Crippen molar-refractivity contribution < 1.29 is 18.7 Å². The summed E-state index contributed by atoms with van der Waals surface area (Å²) in [7, 11) is 1.33. The van der Waals surface area contributed by atoms with Crippen LogP contribution in [0.25, 0.3) is 22.2 Å². The third kappa shape index (κ3) is 3.88. The fourth-order valence-electron chi connectivity index (χ4n) is 2.62. The van der Waals surface area contributed by atoms with Gasteiger partial charge in [-0.25, -0.2) is 4.39 Å². The summed E-state index contributed by atoms with van der Waals surface area (Å²) in [5.74, 6) is -0.855. The van der Waals surface area contributed by atoms with Crippen molar-refractivity contribution in [3.63, 3.8) is 0 Å². The second kappa shape index (κ2) is 7.77. The maximum Gasteiger partial charge on any atom is 0.305 e. The number of hydrogen-bond acceptors (Lipinski definition) is 4. The molecule has 0 aliphatic rings. The summed E-state index contributed by atoms with van der Waals surface area (Å²) in [6.45, 7) is 0.377. The molecular formula is C19H18FN3O3. The molecule has 0 saturated heterocycles. The first-order valence-electron chi connectivity index (χ1n) is 8.17. The van der Waals surface area contributed by atoms with E-state index in [-0.39, 0.29) is 24.1 Å². The number of esters is 1. The van der Waals surface area contributed by atoms with Crippen molar-refractivity contribution in [3.05, 3.63) is 53.8 Å². The molecule has 0 unspecified atom stereocenters. The lowest BCUT2D eigenvalue weighted by Crippen LogP contribution is -2.24. The summed E-state index contributed by atoms with van der Waals surface area (Å²) in [5.41, 5.74) is 2.68. The minimum atomic E-state index is -0.319.